The summed E-state index contributed by atoms with van der Waals surface area (Å²) in [5, 5.41) is 0. The van der Waals surface area contributed by atoms with Crippen molar-refractivity contribution in [3.63, 3.8) is 0 Å². The second-order valence-corrected chi connectivity index (χ2v) is 6.15. The monoisotopic (exact) mass is 346 g/mol. The molecule has 2 rings (SSSR count). The largest absolute Gasteiger partial charge is 0.497 e. The maximum Gasteiger partial charge on any atom is 0.269 e. The van der Waals surface area contributed by atoms with Crippen LogP contribution in [0, 0.1) is 6.92 Å². The summed E-state index contributed by atoms with van der Waals surface area (Å²) in [5.41, 5.74) is 4.99. The minimum atomic E-state index is -0.471. The first-order chi connectivity index (χ1) is 11.5. The number of benzene rings is 1. The Morgan fingerprint density at radius 3 is 2.25 bits per heavy atom. The summed E-state index contributed by atoms with van der Waals surface area (Å²) in [6.45, 7) is 1.99. The summed E-state index contributed by atoms with van der Waals surface area (Å²) in [6.07, 6.45) is 3.05. The van der Waals surface area contributed by atoms with Gasteiger partial charge < -0.3 is 9.47 Å². The molecular formula is C17H18N2O4S. The minimum absolute atomic E-state index is 0.310. The molecule has 6 nitrogen and oxygen atoms in total. The zero-order chi connectivity index (χ0) is 17.5. The topological polar surface area (TPSA) is 76.7 Å². The molecule has 7 heteroatoms. The maximum atomic E-state index is 12.1. The van der Waals surface area contributed by atoms with Crippen LogP contribution in [0.25, 0.3) is 6.08 Å². The molecule has 1 aromatic heterocycles. The Morgan fingerprint density at radius 1 is 1.04 bits per heavy atom. The summed E-state index contributed by atoms with van der Waals surface area (Å²) < 4.78 is 10.2. The molecule has 0 radical (unpaired) electrons. The van der Waals surface area contributed by atoms with Gasteiger partial charge in [0, 0.05) is 27.5 Å². The maximum absolute atomic E-state index is 12.1. The van der Waals surface area contributed by atoms with Gasteiger partial charge in [-0.1, -0.05) is 0 Å². The number of hydrazine groups is 1. The molecule has 0 saturated carbocycles. The lowest BCUT2D eigenvalue weighted by Crippen LogP contribution is -2.40. The fourth-order valence-electron chi connectivity index (χ4n) is 1.87. The fourth-order valence-corrected chi connectivity index (χ4v) is 2.65. The van der Waals surface area contributed by atoms with Crippen LogP contribution in [0.3, 0.4) is 0 Å². The molecular weight excluding hydrogens is 328 g/mol. The van der Waals surface area contributed by atoms with Crippen LogP contribution in [0.5, 0.6) is 11.5 Å². The lowest BCUT2D eigenvalue weighted by Gasteiger charge is -2.09. The van der Waals surface area contributed by atoms with Crippen LogP contribution in [0.4, 0.5) is 0 Å². The Labute approximate surface area is 144 Å². The van der Waals surface area contributed by atoms with Crippen LogP contribution in [-0.4, -0.2) is 26.0 Å². The van der Waals surface area contributed by atoms with Crippen LogP contribution >= 0.6 is 11.3 Å². The molecule has 2 aromatic rings. The summed E-state index contributed by atoms with van der Waals surface area (Å²) in [4.78, 5) is 26.0. The summed E-state index contributed by atoms with van der Waals surface area (Å²) in [6, 6.07) is 8.65. The van der Waals surface area contributed by atoms with E-state index >= 15 is 0 Å². The summed E-state index contributed by atoms with van der Waals surface area (Å²) >= 11 is 1.58. The van der Waals surface area contributed by atoms with E-state index in [0.29, 0.717) is 17.1 Å². The van der Waals surface area contributed by atoms with Gasteiger partial charge in [0.15, 0.2) is 0 Å². The number of thiophene rings is 1. The molecule has 0 fully saturated rings. The van der Waals surface area contributed by atoms with E-state index in [0.717, 1.165) is 9.75 Å². The standard InChI is InChI=1S/C17H18N2O4S/c1-11-4-5-15(24-11)6-7-16(20)18-19-17(21)12-8-13(22-2)10-14(9-12)23-3/h4-10H,1-3H3,(H,18,20)(H,19,21)/b7-6+. The number of ether oxygens (including phenoxy) is 2. The molecule has 24 heavy (non-hydrogen) atoms. The van der Waals surface area contributed by atoms with Crippen molar-refractivity contribution in [1.29, 1.82) is 0 Å². The first kappa shape index (κ1) is 17.6. The van der Waals surface area contributed by atoms with E-state index in [1.807, 2.05) is 19.1 Å². The van der Waals surface area contributed by atoms with Crippen molar-refractivity contribution in [2.24, 2.45) is 0 Å². The molecule has 2 N–H and O–H groups in total. The average molecular weight is 346 g/mol. The number of nitrogens with one attached hydrogen (secondary N) is 2. The third kappa shape index (κ3) is 4.85. The third-order valence-electron chi connectivity index (χ3n) is 3.07. The molecule has 0 saturated heterocycles. The molecule has 0 aliphatic heterocycles. The van der Waals surface area contributed by atoms with E-state index in [2.05, 4.69) is 10.9 Å². The van der Waals surface area contributed by atoms with Crippen LogP contribution in [0.15, 0.2) is 36.4 Å². The number of amides is 2. The molecule has 0 atom stereocenters. The highest BCUT2D eigenvalue weighted by Gasteiger charge is 2.10. The van der Waals surface area contributed by atoms with Crippen molar-refractivity contribution < 1.29 is 19.1 Å². The Kier molecular flexibility index (Phi) is 5.97. The van der Waals surface area contributed by atoms with E-state index in [1.165, 1.54) is 20.3 Å². The molecule has 0 bridgehead atoms. The van der Waals surface area contributed by atoms with Gasteiger partial charge in [0.25, 0.3) is 11.8 Å². The number of carbonyl (C=O) groups excluding carboxylic acids is 2. The van der Waals surface area contributed by atoms with Gasteiger partial charge in [0.2, 0.25) is 0 Å². The van der Waals surface area contributed by atoms with Gasteiger partial charge in [-0.25, -0.2) is 0 Å². The van der Waals surface area contributed by atoms with Crippen molar-refractivity contribution in [3.05, 3.63) is 51.7 Å². The first-order valence-corrected chi connectivity index (χ1v) is 7.91. The smallest absolute Gasteiger partial charge is 0.269 e. The Morgan fingerprint density at radius 2 is 1.71 bits per heavy atom. The molecule has 0 unspecified atom stereocenters. The lowest BCUT2D eigenvalue weighted by atomic mass is 10.2. The lowest BCUT2D eigenvalue weighted by molar-refractivity contribution is -0.117. The number of hydrogen-bond acceptors (Lipinski definition) is 5. The van der Waals surface area contributed by atoms with Gasteiger partial charge >= 0.3 is 0 Å². The Balaban J connectivity index is 1.95. The van der Waals surface area contributed by atoms with E-state index < -0.39 is 11.8 Å². The number of hydrogen-bond donors (Lipinski definition) is 2. The van der Waals surface area contributed by atoms with Crippen LogP contribution in [0.1, 0.15) is 20.1 Å². The van der Waals surface area contributed by atoms with Gasteiger partial charge in [-0.3, -0.25) is 20.4 Å². The second kappa shape index (κ2) is 8.16. The summed E-state index contributed by atoms with van der Waals surface area (Å²) in [7, 11) is 2.99. The normalized spacial score (nSPS) is 10.5. The van der Waals surface area contributed by atoms with E-state index in [9.17, 15) is 9.59 Å². The highest BCUT2D eigenvalue weighted by Crippen LogP contribution is 2.22. The SMILES string of the molecule is COc1cc(OC)cc(C(=O)NNC(=O)/C=C/c2ccc(C)s2)c1. The Bertz CT molecular complexity index is 745. The number of aryl methyl sites for hydroxylation is 1. The van der Waals surface area contributed by atoms with Gasteiger partial charge in [-0.15, -0.1) is 11.3 Å². The van der Waals surface area contributed by atoms with E-state index in [1.54, 1.807) is 35.6 Å². The average Bonchev–Trinajstić information content (AvgIpc) is 3.02. The Hall–Kier alpha value is -2.80. The highest BCUT2D eigenvalue weighted by molar-refractivity contribution is 7.12. The molecule has 2 amide bonds. The number of rotatable bonds is 5. The predicted octanol–water partition coefficient (Wildman–Crippen LogP) is 2.55. The molecule has 126 valence electrons. The highest BCUT2D eigenvalue weighted by atomic mass is 32.1. The van der Waals surface area contributed by atoms with Gasteiger partial charge in [-0.05, 0) is 37.3 Å². The molecule has 0 aliphatic rings. The van der Waals surface area contributed by atoms with Gasteiger partial charge in [-0.2, -0.15) is 0 Å². The predicted molar refractivity (Wildman–Crippen MR) is 93.2 cm³/mol. The van der Waals surface area contributed by atoms with E-state index in [4.69, 9.17) is 9.47 Å². The van der Waals surface area contributed by atoms with Crippen LogP contribution in [0.2, 0.25) is 0 Å². The quantitative estimate of drug-likeness (QED) is 0.644. The van der Waals surface area contributed by atoms with Gasteiger partial charge in [0.1, 0.15) is 11.5 Å². The second-order valence-electron chi connectivity index (χ2n) is 4.83. The fraction of sp³-hybridized carbons (Fsp3) is 0.176. The molecule has 1 heterocycles. The molecule has 0 spiro atoms. The zero-order valence-electron chi connectivity index (χ0n) is 13.6. The zero-order valence-corrected chi connectivity index (χ0v) is 14.4. The first-order valence-electron chi connectivity index (χ1n) is 7.09. The van der Waals surface area contributed by atoms with Crippen LogP contribution < -0.4 is 20.3 Å². The van der Waals surface area contributed by atoms with Crippen molar-refractivity contribution in [1.82, 2.24) is 10.9 Å². The minimum Gasteiger partial charge on any atom is -0.497 e. The molecule has 0 aliphatic carbocycles. The van der Waals surface area contributed by atoms with Crippen molar-refractivity contribution in [2.45, 2.75) is 6.92 Å². The van der Waals surface area contributed by atoms with Crippen LogP contribution in [-0.2, 0) is 4.79 Å². The third-order valence-corrected chi connectivity index (χ3v) is 4.04. The summed E-state index contributed by atoms with van der Waals surface area (Å²) in [5.74, 6) is 0.0720. The number of carbonyl (C=O) groups is 2. The number of methoxy groups -OCH3 is 2. The van der Waals surface area contributed by atoms with E-state index in [-0.39, 0.29) is 0 Å². The molecule has 1 aromatic carbocycles. The van der Waals surface area contributed by atoms with Crippen molar-refractivity contribution >= 4 is 29.2 Å². The van der Waals surface area contributed by atoms with Crippen molar-refractivity contribution in [3.8, 4) is 11.5 Å². The van der Waals surface area contributed by atoms with Crippen molar-refractivity contribution in [2.75, 3.05) is 14.2 Å². The van der Waals surface area contributed by atoms with Gasteiger partial charge in [0.05, 0.1) is 14.2 Å².